The van der Waals surface area contributed by atoms with Crippen LogP contribution in [0.25, 0.3) is 0 Å². The Morgan fingerprint density at radius 1 is 1.36 bits per heavy atom. The Kier molecular flexibility index (Phi) is 6.98. The molecular formula is C22H29N3O3. The predicted molar refractivity (Wildman–Crippen MR) is 108 cm³/mol. The third-order valence-electron chi connectivity index (χ3n) is 5.16. The van der Waals surface area contributed by atoms with Crippen LogP contribution in [-0.4, -0.2) is 39.6 Å². The quantitative estimate of drug-likeness (QED) is 0.702. The van der Waals surface area contributed by atoms with E-state index in [1.54, 1.807) is 21.9 Å². The van der Waals surface area contributed by atoms with Gasteiger partial charge in [0, 0.05) is 25.5 Å². The van der Waals surface area contributed by atoms with Crippen molar-refractivity contribution in [3.05, 3.63) is 63.8 Å². The van der Waals surface area contributed by atoms with Crippen molar-refractivity contribution < 1.29 is 9.53 Å². The van der Waals surface area contributed by atoms with Crippen molar-refractivity contribution in [3.63, 3.8) is 0 Å². The van der Waals surface area contributed by atoms with Gasteiger partial charge in [0.25, 0.3) is 11.5 Å². The molecule has 0 bridgehead atoms. The minimum Gasteiger partial charge on any atom is -0.376 e. The molecule has 0 aromatic carbocycles. The van der Waals surface area contributed by atoms with Gasteiger partial charge >= 0.3 is 0 Å². The van der Waals surface area contributed by atoms with E-state index in [1.807, 2.05) is 31.2 Å². The van der Waals surface area contributed by atoms with E-state index in [1.165, 1.54) is 0 Å². The lowest BCUT2D eigenvalue weighted by Crippen LogP contribution is -2.38. The third-order valence-corrected chi connectivity index (χ3v) is 5.16. The zero-order valence-electron chi connectivity index (χ0n) is 16.8. The fourth-order valence-corrected chi connectivity index (χ4v) is 3.52. The summed E-state index contributed by atoms with van der Waals surface area (Å²) in [5, 5.41) is 0. The van der Waals surface area contributed by atoms with E-state index in [0.29, 0.717) is 25.2 Å². The van der Waals surface area contributed by atoms with Crippen LogP contribution in [0.5, 0.6) is 0 Å². The number of unbranched alkanes of at least 4 members (excludes halogenated alkanes) is 1. The predicted octanol–water partition coefficient (Wildman–Crippen LogP) is 3.17. The molecule has 0 saturated carbocycles. The Balaban J connectivity index is 1.87. The monoisotopic (exact) mass is 383 g/mol. The standard InChI is InChI=1S/C22H29N3O3/c1-3-4-12-24(15-18-8-5-6-11-23-18)21(26)20-17(2)10-13-25(22(20)27)16-19-9-7-14-28-19/h5-6,8,10-11,13,19H,3-4,7,9,12,14-16H2,1-2H3. The van der Waals surface area contributed by atoms with E-state index in [-0.39, 0.29) is 23.1 Å². The Labute approximate surface area is 166 Å². The van der Waals surface area contributed by atoms with Crippen molar-refractivity contribution in [1.82, 2.24) is 14.5 Å². The highest BCUT2D eigenvalue weighted by molar-refractivity contribution is 5.95. The second-order valence-corrected chi connectivity index (χ2v) is 7.37. The molecule has 0 N–H and O–H groups in total. The first kappa shape index (κ1) is 20.3. The normalized spacial score (nSPS) is 16.3. The second-order valence-electron chi connectivity index (χ2n) is 7.37. The van der Waals surface area contributed by atoms with Gasteiger partial charge in [-0.25, -0.2) is 0 Å². The maximum absolute atomic E-state index is 13.3. The minimum atomic E-state index is -0.233. The van der Waals surface area contributed by atoms with E-state index in [4.69, 9.17) is 4.74 Å². The Bertz CT molecular complexity index is 842. The molecule has 0 spiro atoms. The summed E-state index contributed by atoms with van der Waals surface area (Å²) >= 11 is 0. The van der Waals surface area contributed by atoms with E-state index in [2.05, 4.69) is 11.9 Å². The number of nitrogens with zero attached hydrogens (tertiary/aromatic N) is 3. The molecule has 150 valence electrons. The lowest BCUT2D eigenvalue weighted by atomic mass is 10.1. The SMILES string of the molecule is CCCCN(Cc1ccccn1)C(=O)c1c(C)ccn(CC2CCCO2)c1=O. The van der Waals surface area contributed by atoms with Gasteiger partial charge in [-0.15, -0.1) is 0 Å². The average Bonchev–Trinajstić information content (AvgIpc) is 3.21. The number of hydrogen-bond donors (Lipinski definition) is 0. The van der Waals surface area contributed by atoms with Gasteiger partial charge in [0.1, 0.15) is 5.56 Å². The minimum absolute atomic E-state index is 0.0491. The van der Waals surface area contributed by atoms with Gasteiger partial charge in [0.05, 0.1) is 24.9 Å². The molecule has 6 heteroatoms. The molecule has 3 rings (SSSR count). The molecule has 3 heterocycles. The first-order valence-corrected chi connectivity index (χ1v) is 10.1. The highest BCUT2D eigenvalue weighted by Gasteiger charge is 2.24. The summed E-state index contributed by atoms with van der Waals surface area (Å²) < 4.78 is 7.28. The number of carbonyl (C=O) groups is 1. The van der Waals surface area contributed by atoms with Gasteiger partial charge in [-0.3, -0.25) is 14.6 Å². The van der Waals surface area contributed by atoms with Crippen molar-refractivity contribution >= 4 is 5.91 Å². The van der Waals surface area contributed by atoms with E-state index in [0.717, 1.165) is 38.0 Å². The summed E-state index contributed by atoms with van der Waals surface area (Å²) in [5.41, 5.74) is 1.55. The van der Waals surface area contributed by atoms with Crippen LogP contribution in [0.3, 0.4) is 0 Å². The lowest BCUT2D eigenvalue weighted by Gasteiger charge is -2.23. The van der Waals surface area contributed by atoms with Crippen LogP contribution in [0.15, 0.2) is 41.5 Å². The Hall–Kier alpha value is -2.47. The molecule has 1 saturated heterocycles. The van der Waals surface area contributed by atoms with E-state index in [9.17, 15) is 9.59 Å². The van der Waals surface area contributed by atoms with Gasteiger partial charge in [-0.1, -0.05) is 19.4 Å². The third kappa shape index (κ3) is 4.87. The number of amides is 1. The molecule has 2 aromatic heterocycles. The molecule has 6 nitrogen and oxygen atoms in total. The van der Waals surface area contributed by atoms with Gasteiger partial charge in [-0.2, -0.15) is 0 Å². The molecular weight excluding hydrogens is 354 g/mol. The molecule has 1 aliphatic rings. The van der Waals surface area contributed by atoms with Crippen LogP contribution in [0.4, 0.5) is 0 Å². The maximum atomic E-state index is 13.3. The van der Waals surface area contributed by atoms with Crippen LogP contribution < -0.4 is 5.56 Å². The summed E-state index contributed by atoms with van der Waals surface area (Å²) in [5.74, 6) is -0.219. The Morgan fingerprint density at radius 2 is 2.21 bits per heavy atom. The number of aromatic nitrogens is 2. The number of ether oxygens (including phenoxy) is 1. The number of aryl methyl sites for hydroxylation is 1. The molecule has 2 aromatic rings. The van der Waals surface area contributed by atoms with Crippen molar-refractivity contribution in [2.75, 3.05) is 13.2 Å². The van der Waals surface area contributed by atoms with Crippen LogP contribution in [0.1, 0.15) is 54.2 Å². The molecule has 1 unspecified atom stereocenters. The van der Waals surface area contributed by atoms with Crippen LogP contribution in [0.2, 0.25) is 0 Å². The lowest BCUT2D eigenvalue weighted by molar-refractivity contribution is 0.0732. The first-order valence-electron chi connectivity index (χ1n) is 10.1. The fourth-order valence-electron chi connectivity index (χ4n) is 3.52. The molecule has 28 heavy (non-hydrogen) atoms. The number of hydrogen-bond acceptors (Lipinski definition) is 4. The average molecular weight is 383 g/mol. The van der Waals surface area contributed by atoms with Crippen LogP contribution in [0, 0.1) is 6.92 Å². The first-order chi connectivity index (χ1) is 13.6. The Morgan fingerprint density at radius 3 is 2.89 bits per heavy atom. The number of carbonyl (C=O) groups excluding carboxylic acids is 1. The number of rotatable bonds is 8. The fraction of sp³-hybridized carbons (Fsp3) is 0.500. The van der Waals surface area contributed by atoms with E-state index < -0.39 is 0 Å². The van der Waals surface area contributed by atoms with E-state index >= 15 is 0 Å². The smallest absolute Gasteiger partial charge is 0.263 e. The molecule has 1 fully saturated rings. The summed E-state index contributed by atoms with van der Waals surface area (Å²) in [6.45, 7) is 6.15. The largest absolute Gasteiger partial charge is 0.376 e. The second kappa shape index (κ2) is 9.64. The summed E-state index contributed by atoms with van der Waals surface area (Å²) in [6.07, 6.45) is 7.37. The summed E-state index contributed by atoms with van der Waals surface area (Å²) in [4.78, 5) is 32.5. The summed E-state index contributed by atoms with van der Waals surface area (Å²) in [6, 6.07) is 7.52. The number of pyridine rings is 2. The van der Waals surface area contributed by atoms with Crippen molar-refractivity contribution in [1.29, 1.82) is 0 Å². The summed E-state index contributed by atoms with van der Waals surface area (Å²) in [7, 11) is 0. The molecule has 1 atom stereocenters. The topological polar surface area (TPSA) is 64.4 Å². The van der Waals surface area contributed by atoms with Crippen LogP contribution in [-0.2, 0) is 17.8 Å². The molecule has 0 radical (unpaired) electrons. The zero-order valence-corrected chi connectivity index (χ0v) is 16.8. The van der Waals surface area contributed by atoms with Gasteiger partial charge in [-0.05, 0) is 49.9 Å². The highest BCUT2D eigenvalue weighted by Crippen LogP contribution is 2.15. The van der Waals surface area contributed by atoms with Gasteiger partial charge in [0.15, 0.2) is 0 Å². The molecule has 1 amide bonds. The van der Waals surface area contributed by atoms with Crippen molar-refractivity contribution in [3.8, 4) is 0 Å². The highest BCUT2D eigenvalue weighted by atomic mass is 16.5. The van der Waals surface area contributed by atoms with Crippen LogP contribution >= 0.6 is 0 Å². The molecule has 0 aliphatic carbocycles. The zero-order chi connectivity index (χ0) is 19.9. The van der Waals surface area contributed by atoms with Gasteiger partial charge < -0.3 is 14.2 Å². The molecule has 1 aliphatic heterocycles. The maximum Gasteiger partial charge on any atom is 0.263 e. The van der Waals surface area contributed by atoms with Gasteiger partial charge in [0.2, 0.25) is 0 Å². The van der Waals surface area contributed by atoms with Crippen molar-refractivity contribution in [2.24, 2.45) is 0 Å². The van der Waals surface area contributed by atoms with Crippen molar-refractivity contribution in [2.45, 2.75) is 58.7 Å².